The van der Waals surface area contributed by atoms with Crippen LogP contribution in [0.3, 0.4) is 0 Å². The summed E-state index contributed by atoms with van der Waals surface area (Å²) in [6.07, 6.45) is -2.23. The van der Waals surface area contributed by atoms with Gasteiger partial charge in [-0.15, -0.1) is 0 Å². The Hall–Kier alpha value is -0.220. The van der Waals surface area contributed by atoms with Crippen molar-refractivity contribution in [2.45, 2.75) is 37.9 Å². The number of hydrogen-bond donors (Lipinski definition) is 1. The Morgan fingerprint density at radius 3 is 2.60 bits per heavy atom. The molecule has 0 spiro atoms. The van der Waals surface area contributed by atoms with Crippen molar-refractivity contribution >= 4 is 11.6 Å². The van der Waals surface area contributed by atoms with E-state index >= 15 is 0 Å². The SMILES string of the molecule is C=C(Cl)CNC1CCCC(C(F)(F)F)C1. The van der Waals surface area contributed by atoms with Crippen molar-refractivity contribution in [1.82, 2.24) is 5.32 Å². The van der Waals surface area contributed by atoms with Crippen LogP contribution in [0.15, 0.2) is 11.6 Å². The molecular weight excluding hydrogens is 227 g/mol. The molecule has 0 aromatic heterocycles. The van der Waals surface area contributed by atoms with Gasteiger partial charge in [0.25, 0.3) is 0 Å². The molecule has 2 unspecified atom stereocenters. The van der Waals surface area contributed by atoms with Gasteiger partial charge in [-0.05, 0) is 19.3 Å². The summed E-state index contributed by atoms with van der Waals surface area (Å²) >= 11 is 5.54. The van der Waals surface area contributed by atoms with Crippen LogP contribution in [0, 0.1) is 5.92 Å². The topological polar surface area (TPSA) is 12.0 Å². The maximum absolute atomic E-state index is 12.4. The molecule has 2 atom stereocenters. The third kappa shape index (κ3) is 4.43. The number of nitrogens with one attached hydrogen (secondary N) is 1. The quantitative estimate of drug-likeness (QED) is 0.798. The van der Waals surface area contributed by atoms with Crippen LogP contribution in [0.1, 0.15) is 25.7 Å². The molecule has 0 saturated heterocycles. The molecule has 88 valence electrons. The van der Waals surface area contributed by atoms with E-state index in [0.29, 0.717) is 18.0 Å². The Kier molecular flexibility index (Phi) is 4.46. The summed E-state index contributed by atoms with van der Waals surface area (Å²) in [5.41, 5.74) is 0. The first-order chi connectivity index (χ1) is 6.89. The second-order valence-electron chi connectivity index (χ2n) is 4.00. The molecule has 15 heavy (non-hydrogen) atoms. The zero-order valence-electron chi connectivity index (χ0n) is 8.41. The lowest BCUT2D eigenvalue weighted by molar-refractivity contribution is -0.183. The first-order valence-corrected chi connectivity index (χ1v) is 5.40. The molecule has 0 aliphatic heterocycles. The van der Waals surface area contributed by atoms with E-state index in [1.807, 2.05) is 0 Å². The van der Waals surface area contributed by atoms with Crippen LogP contribution >= 0.6 is 11.6 Å². The highest BCUT2D eigenvalue weighted by Crippen LogP contribution is 2.37. The van der Waals surface area contributed by atoms with Crippen molar-refractivity contribution in [3.05, 3.63) is 11.6 Å². The lowest BCUT2D eigenvalue weighted by atomic mass is 9.85. The maximum atomic E-state index is 12.4. The molecule has 0 amide bonds. The molecule has 1 saturated carbocycles. The van der Waals surface area contributed by atoms with Gasteiger partial charge in [0.1, 0.15) is 0 Å². The summed E-state index contributed by atoms with van der Waals surface area (Å²) in [4.78, 5) is 0. The molecule has 0 aromatic rings. The average molecular weight is 242 g/mol. The highest BCUT2D eigenvalue weighted by Gasteiger charge is 2.41. The zero-order valence-corrected chi connectivity index (χ0v) is 9.17. The van der Waals surface area contributed by atoms with E-state index in [0.717, 1.165) is 6.42 Å². The largest absolute Gasteiger partial charge is 0.391 e. The average Bonchev–Trinajstić information content (AvgIpc) is 2.14. The van der Waals surface area contributed by atoms with Crippen LogP contribution in [0.5, 0.6) is 0 Å². The normalized spacial score (nSPS) is 27.7. The number of hydrogen-bond acceptors (Lipinski definition) is 1. The van der Waals surface area contributed by atoms with Crippen molar-refractivity contribution in [2.75, 3.05) is 6.54 Å². The summed E-state index contributed by atoms with van der Waals surface area (Å²) in [6, 6.07) is -0.0825. The second kappa shape index (κ2) is 5.21. The summed E-state index contributed by atoms with van der Waals surface area (Å²) < 4.78 is 37.3. The van der Waals surface area contributed by atoms with Gasteiger partial charge in [0.05, 0.1) is 5.92 Å². The van der Waals surface area contributed by atoms with Crippen LogP contribution in [-0.4, -0.2) is 18.8 Å². The number of alkyl halides is 3. The fraction of sp³-hybridized carbons (Fsp3) is 0.800. The Morgan fingerprint density at radius 1 is 1.40 bits per heavy atom. The van der Waals surface area contributed by atoms with E-state index in [-0.39, 0.29) is 18.9 Å². The van der Waals surface area contributed by atoms with Crippen molar-refractivity contribution < 1.29 is 13.2 Å². The standard InChI is InChI=1S/C10H15ClF3N/c1-7(11)6-15-9-4-2-3-8(5-9)10(12,13)14/h8-9,15H,1-6H2. The molecule has 1 rings (SSSR count). The highest BCUT2D eigenvalue weighted by molar-refractivity contribution is 6.29. The highest BCUT2D eigenvalue weighted by atomic mass is 35.5. The van der Waals surface area contributed by atoms with Crippen LogP contribution in [0.4, 0.5) is 13.2 Å². The molecule has 1 N–H and O–H groups in total. The zero-order chi connectivity index (χ0) is 11.5. The fourth-order valence-electron chi connectivity index (χ4n) is 1.93. The second-order valence-corrected chi connectivity index (χ2v) is 4.53. The van der Waals surface area contributed by atoms with E-state index in [9.17, 15) is 13.2 Å². The minimum absolute atomic E-state index is 0.0825. The minimum Gasteiger partial charge on any atom is -0.309 e. The van der Waals surface area contributed by atoms with Crippen molar-refractivity contribution in [2.24, 2.45) is 5.92 Å². The Morgan fingerprint density at radius 2 is 2.07 bits per heavy atom. The molecule has 0 radical (unpaired) electrons. The molecule has 5 heteroatoms. The summed E-state index contributed by atoms with van der Waals surface area (Å²) in [5.74, 6) is -1.16. The van der Waals surface area contributed by atoms with Gasteiger partial charge in [0.2, 0.25) is 0 Å². The molecule has 1 aliphatic rings. The predicted molar refractivity (Wildman–Crippen MR) is 54.8 cm³/mol. The van der Waals surface area contributed by atoms with E-state index in [1.54, 1.807) is 0 Å². The van der Waals surface area contributed by atoms with Gasteiger partial charge < -0.3 is 5.32 Å². The van der Waals surface area contributed by atoms with Crippen molar-refractivity contribution in [3.63, 3.8) is 0 Å². The van der Waals surface area contributed by atoms with Crippen molar-refractivity contribution in [1.29, 1.82) is 0 Å². The van der Waals surface area contributed by atoms with Gasteiger partial charge >= 0.3 is 6.18 Å². The molecule has 0 heterocycles. The molecule has 1 nitrogen and oxygen atoms in total. The lowest BCUT2D eigenvalue weighted by Gasteiger charge is -2.31. The summed E-state index contributed by atoms with van der Waals surface area (Å²) in [6.45, 7) is 3.87. The van der Waals surface area contributed by atoms with Gasteiger partial charge in [-0.2, -0.15) is 13.2 Å². The fourth-order valence-corrected chi connectivity index (χ4v) is 2.00. The van der Waals surface area contributed by atoms with Crippen LogP contribution in [0.2, 0.25) is 0 Å². The van der Waals surface area contributed by atoms with Crippen LogP contribution < -0.4 is 5.32 Å². The molecule has 1 fully saturated rings. The van der Waals surface area contributed by atoms with Crippen LogP contribution in [-0.2, 0) is 0 Å². The van der Waals surface area contributed by atoms with E-state index in [1.165, 1.54) is 0 Å². The number of rotatable bonds is 3. The minimum atomic E-state index is -4.06. The van der Waals surface area contributed by atoms with Crippen LogP contribution in [0.25, 0.3) is 0 Å². The van der Waals surface area contributed by atoms with Crippen molar-refractivity contribution in [3.8, 4) is 0 Å². The molecular formula is C10H15ClF3N. The Balaban J connectivity index is 2.39. The van der Waals surface area contributed by atoms with Gasteiger partial charge in [-0.1, -0.05) is 24.6 Å². The monoisotopic (exact) mass is 241 g/mol. The Labute approximate surface area is 92.7 Å². The number of halogens is 4. The third-order valence-electron chi connectivity index (χ3n) is 2.72. The maximum Gasteiger partial charge on any atom is 0.391 e. The van der Waals surface area contributed by atoms with Gasteiger partial charge in [0.15, 0.2) is 0 Å². The first kappa shape index (κ1) is 12.8. The van der Waals surface area contributed by atoms with Gasteiger partial charge in [0, 0.05) is 17.6 Å². The summed E-state index contributed by atoms with van der Waals surface area (Å²) in [5, 5.41) is 3.43. The first-order valence-electron chi connectivity index (χ1n) is 5.03. The lowest BCUT2D eigenvalue weighted by Crippen LogP contribution is -2.39. The van der Waals surface area contributed by atoms with Gasteiger partial charge in [-0.25, -0.2) is 0 Å². The summed E-state index contributed by atoms with van der Waals surface area (Å²) in [7, 11) is 0. The Bertz CT molecular complexity index is 227. The molecule has 0 bridgehead atoms. The molecule has 1 aliphatic carbocycles. The van der Waals surface area contributed by atoms with E-state index in [2.05, 4.69) is 11.9 Å². The smallest absolute Gasteiger partial charge is 0.309 e. The predicted octanol–water partition coefficient (Wildman–Crippen LogP) is 3.45. The van der Waals surface area contributed by atoms with Gasteiger partial charge in [-0.3, -0.25) is 0 Å². The van der Waals surface area contributed by atoms with E-state index < -0.39 is 12.1 Å². The van der Waals surface area contributed by atoms with E-state index in [4.69, 9.17) is 11.6 Å². The molecule has 0 aromatic carbocycles. The third-order valence-corrected chi connectivity index (χ3v) is 2.85.